The van der Waals surface area contributed by atoms with E-state index in [0.29, 0.717) is 25.3 Å². The maximum absolute atomic E-state index is 11.6. The van der Waals surface area contributed by atoms with Gasteiger partial charge in [0.1, 0.15) is 12.4 Å². The van der Waals surface area contributed by atoms with Gasteiger partial charge in [-0.05, 0) is 30.7 Å². The van der Waals surface area contributed by atoms with Gasteiger partial charge in [0.05, 0.1) is 12.6 Å². The van der Waals surface area contributed by atoms with Gasteiger partial charge in [-0.3, -0.25) is 4.79 Å². The molecule has 18 heavy (non-hydrogen) atoms. The second-order valence-corrected chi connectivity index (χ2v) is 3.87. The molecule has 1 aromatic rings. The van der Waals surface area contributed by atoms with E-state index in [9.17, 15) is 4.79 Å². The molecular weight excluding hydrogens is 232 g/mol. The molecule has 0 bridgehead atoms. The van der Waals surface area contributed by atoms with Crippen molar-refractivity contribution in [2.75, 3.05) is 25.6 Å². The monoisotopic (exact) mass is 252 g/mol. The highest BCUT2D eigenvalue weighted by Crippen LogP contribution is 2.15. The van der Waals surface area contributed by atoms with Crippen molar-refractivity contribution < 1.29 is 14.3 Å². The lowest BCUT2D eigenvalue weighted by Crippen LogP contribution is -2.34. The van der Waals surface area contributed by atoms with Crippen molar-refractivity contribution >= 4 is 11.6 Å². The van der Waals surface area contributed by atoms with Crippen molar-refractivity contribution in [3.63, 3.8) is 0 Å². The molecule has 1 amide bonds. The topological polar surface area (TPSA) is 73.6 Å². The summed E-state index contributed by atoms with van der Waals surface area (Å²) in [4.78, 5) is 11.6. The second kappa shape index (κ2) is 7.68. The lowest BCUT2D eigenvalue weighted by atomic mass is 10.2. The molecule has 0 aliphatic carbocycles. The number of benzene rings is 1. The minimum Gasteiger partial charge on any atom is -0.491 e. The van der Waals surface area contributed by atoms with Crippen molar-refractivity contribution in [2.45, 2.75) is 19.4 Å². The lowest BCUT2D eigenvalue weighted by Gasteiger charge is -2.11. The molecule has 0 aliphatic heterocycles. The molecule has 5 heteroatoms. The molecule has 3 N–H and O–H groups in total. The number of hydrogen-bond donors (Lipinski definition) is 2. The summed E-state index contributed by atoms with van der Waals surface area (Å²) in [6, 6.07) is 6.68. The van der Waals surface area contributed by atoms with E-state index in [-0.39, 0.29) is 5.91 Å². The van der Waals surface area contributed by atoms with E-state index < -0.39 is 6.04 Å². The van der Waals surface area contributed by atoms with Gasteiger partial charge in [-0.2, -0.15) is 0 Å². The number of anilines is 1. The fraction of sp³-hybridized carbons (Fsp3) is 0.462. The van der Waals surface area contributed by atoms with Crippen molar-refractivity contribution in [2.24, 2.45) is 5.73 Å². The summed E-state index contributed by atoms with van der Waals surface area (Å²) >= 11 is 0. The molecule has 1 aromatic carbocycles. The fourth-order valence-corrected chi connectivity index (χ4v) is 1.30. The summed E-state index contributed by atoms with van der Waals surface area (Å²) in [5.74, 6) is 0.565. The van der Waals surface area contributed by atoms with E-state index in [4.69, 9.17) is 15.2 Å². The highest BCUT2D eigenvalue weighted by atomic mass is 16.5. The Balaban J connectivity index is 2.47. The minimum atomic E-state index is -0.470. The van der Waals surface area contributed by atoms with Gasteiger partial charge in [-0.1, -0.05) is 6.92 Å². The van der Waals surface area contributed by atoms with Crippen LogP contribution in [0, 0.1) is 0 Å². The molecule has 1 rings (SSSR count). The smallest absolute Gasteiger partial charge is 0.241 e. The summed E-state index contributed by atoms with van der Waals surface area (Å²) < 4.78 is 10.3. The first-order valence-corrected chi connectivity index (χ1v) is 5.95. The number of amides is 1. The van der Waals surface area contributed by atoms with Gasteiger partial charge in [0.25, 0.3) is 0 Å². The Labute approximate surface area is 107 Å². The molecule has 5 nitrogen and oxygen atoms in total. The Bertz CT molecular complexity index is 365. The first-order valence-electron chi connectivity index (χ1n) is 5.95. The van der Waals surface area contributed by atoms with Crippen LogP contribution in [0.15, 0.2) is 24.3 Å². The van der Waals surface area contributed by atoms with E-state index in [1.165, 1.54) is 0 Å². The van der Waals surface area contributed by atoms with Crippen LogP contribution >= 0.6 is 0 Å². The van der Waals surface area contributed by atoms with E-state index in [0.717, 1.165) is 5.75 Å². The summed E-state index contributed by atoms with van der Waals surface area (Å²) in [5.41, 5.74) is 6.34. The van der Waals surface area contributed by atoms with Gasteiger partial charge in [-0.25, -0.2) is 0 Å². The number of nitrogens with two attached hydrogens (primary N) is 1. The maximum Gasteiger partial charge on any atom is 0.241 e. The van der Waals surface area contributed by atoms with E-state index in [1.807, 2.05) is 6.92 Å². The quantitative estimate of drug-likeness (QED) is 0.719. The molecule has 1 atom stereocenters. The predicted octanol–water partition coefficient (Wildman–Crippen LogP) is 1.39. The number of ether oxygens (including phenoxy) is 2. The van der Waals surface area contributed by atoms with Crippen LogP contribution in [0.3, 0.4) is 0 Å². The molecule has 0 aliphatic rings. The van der Waals surface area contributed by atoms with Crippen LogP contribution in [0.5, 0.6) is 5.75 Å². The molecule has 0 aromatic heterocycles. The number of hydrogen-bond acceptors (Lipinski definition) is 4. The third kappa shape index (κ3) is 4.73. The third-order valence-corrected chi connectivity index (χ3v) is 2.45. The largest absolute Gasteiger partial charge is 0.491 e. The van der Waals surface area contributed by atoms with Gasteiger partial charge in [0.2, 0.25) is 5.91 Å². The molecule has 0 radical (unpaired) electrons. The normalized spacial score (nSPS) is 11.9. The Morgan fingerprint density at radius 3 is 2.56 bits per heavy atom. The Morgan fingerprint density at radius 1 is 1.33 bits per heavy atom. The predicted molar refractivity (Wildman–Crippen MR) is 70.7 cm³/mol. The zero-order chi connectivity index (χ0) is 13.4. The maximum atomic E-state index is 11.6. The van der Waals surface area contributed by atoms with Gasteiger partial charge in [0.15, 0.2) is 0 Å². The molecule has 0 unspecified atom stereocenters. The number of methoxy groups -OCH3 is 1. The zero-order valence-electron chi connectivity index (χ0n) is 10.8. The Kier molecular flexibility index (Phi) is 6.18. The molecule has 0 heterocycles. The van der Waals surface area contributed by atoms with Crippen LogP contribution in [0.2, 0.25) is 0 Å². The van der Waals surface area contributed by atoms with Crippen LogP contribution in [0.4, 0.5) is 5.69 Å². The molecule has 0 spiro atoms. The molecular formula is C13H20N2O3. The van der Waals surface area contributed by atoms with Crippen molar-refractivity contribution in [1.29, 1.82) is 0 Å². The van der Waals surface area contributed by atoms with E-state index >= 15 is 0 Å². The van der Waals surface area contributed by atoms with E-state index in [1.54, 1.807) is 31.4 Å². The number of carbonyl (C=O) groups excluding carboxylic acids is 1. The molecule has 0 fully saturated rings. The van der Waals surface area contributed by atoms with Crippen molar-refractivity contribution in [1.82, 2.24) is 0 Å². The first kappa shape index (κ1) is 14.5. The Morgan fingerprint density at radius 2 is 2.00 bits per heavy atom. The minimum absolute atomic E-state index is 0.175. The average Bonchev–Trinajstić information content (AvgIpc) is 2.40. The summed E-state index contributed by atoms with van der Waals surface area (Å²) in [5, 5.41) is 2.74. The SMILES string of the molecule is CC[C@@H](N)C(=O)Nc1ccc(OCCOC)cc1. The standard InChI is InChI=1S/C13H20N2O3/c1-3-12(14)13(16)15-10-4-6-11(7-5-10)18-9-8-17-2/h4-7,12H,3,8-9,14H2,1-2H3,(H,15,16)/t12-/m1/s1. The van der Waals surface area contributed by atoms with Crippen LogP contribution in [-0.4, -0.2) is 32.3 Å². The van der Waals surface area contributed by atoms with Gasteiger partial charge in [0, 0.05) is 12.8 Å². The van der Waals surface area contributed by atoms with Crippen LogP contribution in [-0.2, 0) is 9.53 Å². The summed E-state index contributed by atoms with van der Waals surface area (Å²) in [6.45, 7) is 2.92. The first-order chi connectivity index (χ1) is 8.67. The fourth-order valence-electron chi connectivity index (χ4n) is 1.30. The molecule has 0 saturated carbocycles. The van der Waals surface area contributed by atoms with Crippen molar-refractivity contribution in [3.05, 3.63) is 24.3 Å². The van der Waals surface area contributed by atoms with Crippen molar-refractivity contribution in [3.8, 4) is 5.75 Å². The van der Waals surface area contributed by atoms with E-state index in [2.05, 4.69) is 5.32 Å². The lowest BCUT2D eigenvalue weighted by molar-refractivity contribution is -0.117. The number of nitrogens with one attached hydrogen (secondary N) is 1. The average molecular weight is 252 g/mol. The third-order valence-electron chi connectivity index (χ3n) is 2.45. The van der Waals surface area contributed by atoms with Crippen LogP contribution in [0.25, 0.3) is 0 Å². The second-order valence-electron chi connectivity index (χ2n) is 3.87. The summed E-state index contributed by atoms with van der Waals surface area (Å²) in [7, 11) is 1.62. The van der Waals surface area contributed by atoms with Crippen LogP contribution in [0.1, 0.15) is 13.3 Å². The van der Waals surface area contributed by atoms with Crippen LogP contribution < -0.4 is 15.8 Å². The van der Waals surface area contributed by atoms with Gasteiger partial charge < -0.3 is 20.5 Å². The molecule has 0 saturated heterocycles. The Hall–Kier alpha value is -1.59. The highest BCUT2D eigenvalue weighted by Gasteiger charge is 2.10. The van der Waals surface area contributed by atoms with Gasteiger partial charge in [-0.15, -0.1) is 0 Å². The zero-order valence-corrected chi connectivity index (χ0v) is 10.8. The number of rotatable bonds is 7. The highest BCUT2D eigenvalue weighted by molar-refractivity contribution is 5.94. The number of carbonyl (C=O) groups is 1. The summed E-state index contributed by atoms with van der Waals surface area (Å²) in [6.07, 6.45) is 0.615. The molecule has 100 valence electrons. The van der Waals surface area contributed by atoms with Gasteiger partial charge >= 0.3 is 0 Å².